The number of hydrogen-bond acceptors (Lipinski definition) is 3. The Morgan fingerprint density at radius 2 is 1.75 bits per heavy atom. The predicted octanol–water partition coefficient (Wildman–Crippen LogP) is 3.16. The van der Waals surface area contributed by atoms with Gasteiger partial charge in [0.2, 0.25) is 0 Å². The van der Waals surface area contributed by atoms with Crippen molar-refractivity contribution in [3.05, 3.63) is 29.0 Å². The van der Waals surface area contributed by atoms with Gasteiger partial charge in [0.15, 0.2) is 0 Å². The molecule has 1 aromatic rings. The van der Waals surface area contributed by atoms with Crippen molar-refractivity contribution in [2.75, 3.05) is 14.2 Å². The Morgan fingerprint density at radius 3 is 2.38 bits per heavy atom. The third-order valence-electron chi connectivity index (χ3n) is 2.76. The molecule has 0 aliphatic carbocycles. The minimum Gasteiger partial charge on any atom is -0.496 e. The zero-order valence-electron chi connectivity index (χ0n) is 10.0. The Labute approximate surface area is 95.6 Å². The highest BCUT2D eigenvalue weighted by molar-refractivity contribution is 5.67. The van der Waals surface area contributed by atoms with E-state index < -0.39 is 0 Å². The lowest BCUT2D eigenvalue weighted by Gasteiger charge is -2.26. The van der Waals surface area contributed by atoms with Crippen LogP contribution in [0.1, 0.15) is 31.1 Å². The van der Waals surface area contributed by atoms with Crippen LogP contribution in [-0.2, 0) is 4.74 Å². The molecule has 1 aliphatic rings. The van der Waals surface area contributed by atoms with Crippen molar-refractivity contribution in [1.82, 2.24) is 0 Å². The molecule has 86 valence electrons. The molecule has 1 atom stereocenters. The summed E-state index contributed by atoms with van der Waals surface area (Å²) in [6.45, 7) is 3.95. The average Bonchev–Trinajstić information content (AvgIpc) is 2.27. The molecule has 1 unspecified atom stereocenters. The predicted molar refractivity (Wildman–Crippen MR) is 62.7 cm³/mol. The third-order valence-corrected chi connectivity index (χ3v) is 2.76. The largest absolute Gasteiger partial charge is 0.496 e. The summed E-state index contributed by atoms with van der Waals surface area (Å²) in [4.78, 5) is 0. The molecular formula is C13H16O3. The SMILES string of the molecule is COc1ccc(OC)c2c1C=C(C)OC2C. The molecule has 0 N–H and O–H groups in total. The molecule has 0 aromatic heterocycles. The fraction of sp³-hybridized carbons (Fsp3) is 0.385. The van der Waals surface area contributed by atoms with E-state index in [4.69, 9.17) is 14.2 Å². The molecule has 3 heteroatoms. The quantitative estimate of drug-likeness (QED) is 0.766. The van der Waals surface area contributed by atoms with Crippen molar-refractivity contribution in [3.63, 3.8) is 0 Å². The van der Waals surface area contributed by atoms with Gasteiger partial charge in [-0.15, -0.1) is 0 Å². The van der Waals surface area contributed by atoms with E-state index in [2.05, 4.69) is 0 Å². The second-order valence-corrected chi connectivity index (χ2v) is 3.81. The second-order valence-electron chi connectivity index (χ2n) is 3.81. The lowest BCUT2D eigenvalue weighted by atomic mass is 9.98. The van der Waals surface area contributed by atoms with Crippen LogP contribution < -0.4 is 9.47 Å². The number of allylic oxidation sites excluding steroid dienone is 1. The van der Waals surface area contributed by atoms with E-state index >= 15 is 0 Å². The summed E-state index contributed by atoms with van der Waals surface area (Å²) in [5.41, 5.74) is 2.10. The Bertz CT molecular complexity index is 435. The fourth-order valence-electron chi connectivity index (χ4n) is 2.10. The first-order chi connectivity index (χ1) is 7.67. The van der Waals surface area contributed by atoms with Gasteiger partial charge in [-0.05, 0) is 32.1 Å². The van der Waals surface area contributed by atoms with Gasteiger partial charge >= 0.3 is 0 Å². The summed E-state index contributed by atoms with van der Waals surface area (Å²) in [6, 6.07) is 3.82. The Balaban J connectivity index is 2.66. The molecule has 16 heavy (non-hydrogen) atoms. The van der Waals surface area contributed by atoms with Crippen molar-refractivity contribution in [2.24, 2.45) is 0 Å². The topological polar surface area (TPSA) is 27.7 Å². The first-order valence-corrected chi connectivity index (χ1v) is 5.27. The number of benzene rings is 1. The molecule has 0 saturated heterocycles. The minimum atomic E-state index is -0.00921. The van der Waals surface area contributed by atoms with Gasteiger partial charge in [-0.3, -0.25) is 0 Å². The number of ether oxygens (including phenoxy) is 3. The van der Waals surface area contributed by atoms with Crippen LogP contribution in [0.15, 0.2) is 17.9 Å². The molecule has 1 heterocycles. The Hall–Kier alpha value is -1.64. The van der Waals surface area contributed by atoms with Gasteiger partial charge in [-0.25, -0.2) is 0 Å². The lowest BCUT2D eigenvalue weighted by molar-refractivity contribution is 0.129. The highest BCUT2D eigenvalue weighted by Gasteiger charge is 2.23. The number of rotatable bonds is 2. The molecule has 0 bridgehead atoms. The average molecular weight is 220 g/mol. The number of hydrogen-bond donors (Lipinski definition) is 0. The monoisotopic (exact) mass is 220 g/mol. The van der Waals surface area contributed by atoms with Crippen LogP contribution in [0.3, 0.4) is 0 Å². The van der Waals surface area contributed by atoms with Crippen LogP contribution in [0.2, 0.25) is 0 Å². The van der Waals surface area contributed by atoms with Gasteiger partial charge < -0.3 is 14.2 Å². The molecule has 2 rings (SSSR count). The van der Waals surface area contributed by atoms with E-state index in [0.29, 0.717) is 0 Å². The second kappa shape index (κ2) is 4.08. The maximum Gasteiger partial charge on any atom is 0.126 e. The third kappa shape index (κ3) is 1.62. The van der Waals surface area contributed by atoms with E-state index in [1.54, 1.807) is 14.2 Å². The van der Waals surface area contributed by atoms with E-state index in [1.807, 2.05) is 32.1 Å². The van der Waals surface area contributed by atoms with Crippen LogP contribution in [0, 0.1) is 0 Å². The highest BCUT2D eigenvalue weighted by atomic mass is 16.5. The van der Waals surface area contributed by atoms with Crippen LogP contribution in [-0.4, -0.2) is 14.2 Å². The van der Waals surface area contributed by atoms with Gasteiger partial charge in [-0.1, -0.05) is 0 Å². The summed E-state index contributed by atoms with van der Waals surface area (Å²) in [7, 11) is 3.34. The van der Waals surface area contributed by atoms with Crippen LogP contribution >= 0.6 is 0 Å². The standard InChI is InChI=1S/C13H16O3/c1-8-7-10-11(14-3)5-6-12(15-4)13(10)9(2)16-8/h5-7,9H,1-4H3. The van der Waals surface area contributed by atoms with E-state index in [-0.39, 0.29) is 6.10 Å². The lowest BCUT2D eigenvalue weighted by Crippen LogP contribution is -2.09. The van der Waals surface area contributed by atoms with Gasteiger partial charge in [0.25, 0.3) is 0 Å². The van der Waals surface area contributed by atoms with Gasteiger partial charge in [0.05, 0.1) is 20.0 Å². The molecule has 0 amide bonds. The van der Waals surface area contributed by atoms with Crippen molar-refractivity contribution in [2.45, 2.75) is 20.0 Å². The molecule has 0 radical (unpaired) electrons. The summed E-state index contributed by atoms with van der Waals surface area (Å²) >= 11 is 0. The summed E-state index contributed by atoms with van der Waals surface area (Å²) in [6.07, 6.45) is 1.97. The molecule has 0 spiro atoms. The first kappa shape index (κ1) is 10.9. The van der Waals surface area contributed by atoms with Gasteiger partial charge in [0.1, 0.15) is 17.6 Å². The molecule has 3 nitrogen and oxygen atoms in total. The maximum atomic E-state index is 5.68. The number of fused-ring (bicyclic) bond motifs is 1. The van der Waals surface area contributed by atoms with Gasteiger partial charge in [-0.2, -0.15) is 0 Å². The normalized spacial score (nSPS) is 18.2. The van der Waals surface area contributed by atoms with Crippen LogP contribution in [0.5, 0.6) is 11.5 Å². The van der Waals surface area contributed by atoms with Crippen LogP contribution in [0.25, 0.3) is 6.08 Å². The summed E-state index contributed by atoms with van der Waals surface area (Å²) in [5, 5.41) is 0. The van der Waals surface area contributed by atoms with Gasteiger partial charge in [0, 0.05) is 11.1 Å². The van der Waals surface area contributed by atoms with E-state index in [9.17, 15) is 0 Å². The van der Waals surface area contributed by atoms with Crippen molar-refractivity contribution in [1.29, 1.82) is 0 Å². The first-order valence-electron chi connectivity index (χ1n) is 5.27. The Morgan fingerprint density at radius 1 is 1.12 bits per heavy atom. The molecule has 1 aromatic carbocycles. The molecule has 1 aliphatic heterocycles. The summed E-state index contributed by atoms with van der Waals surface area (Å²) < 4.78 is 16.4. The van der Waals surface area contributed by atoms with E-state index in [0.717, 1.165) is 28.4 Å². The maximum absolute atomic E-state index is 5.68. The minimum absolute atomic E-state index is 0.00921. The van der Waals surface area contributed by atoms with E-state index in [1.165, 1.54) is 0 Å². The number of methoxy groups -OCH3 is 2. The molecule has 0 saturated carbocycles. The van der Waals surface area contributed by atoms with Crippen molar-refractivity contribution in [3.8, 4) is 11.5 Å². The zero-order valence-corrected chi connectivity index (χ0v) is 10.0. The van der Waals surface area contributed by atoms with Crippen LogP contribution in [0.4, 0.5) is 0 Å². The zero-order chi connectivity index (χ0) is 11.7. The molecule has 0 fully saturated rings. The van der Waals surface area contributed by atoms with Crippen molar-refractivity contribution >= 4 is 6.08 Å². The smallest absolute Gasteiger partial charge is 0.126 e. The Kier molecular flexibility index (Phi) is 2.77. The summed E-state index contributed by atoms with van der Waals surface area (Å²) in [5.74, 6) is 2.59. The molecular weight excluding hydrogens is 204 g/mol. The highest BCUT2D eigenvalue weighted by Crippen LogP contribution is 2.41. The fourth-order valence-corrected chi connectivity index (χ4v) is 2.10. The van der Waals surface area contributed by atoms with Crippen molar-refractivity contribution < 1.29 is 14.2 Å².